The van der Waals surface area contributed by atoms with Crippen molar-refractivity contribution in [2.45, 2.75) is 24.8 Å². The van der Waals surface area contributed by atoms with Gasteiger partial charge in [-0.2, -0.15) is 4.72 Å². The van der Waals surface area contributed by atoms with Gasteiger partial charge in [0.25, 0.3) is 11.8 Å². The van der Waals surface area contributed by atoms with Crippen LogP contribution in [0.5, 0.6) is 0 Å². The number of carbonyl (C=O) groups is 3. The number of sulfonamides is 1. The summed E-state index contributed by atoms with van der Waals surface area (Å²) < 4.78 is 26.7. The molecule has 186 valence electrons. The molecule has 1 atom stereocenters. The average molecular weight is 512 g/mol. The minimum Gasteiger partial charge on any atom is -0.480 e. The maximum atomic E-state index is 12.3. The zero-order valence-electron chi connectivity index (χ0n) is 18.8. The Kier molecular flexibility index (Phi) is 11.8. The first-order chi connectivity index (χ1) is 16.1. The summed E-state index contributed by atoms with van der Waals surface area (Å²) in [5.74, 6) is -2.21. The number of benzene rings is 1. The fraction of sp³-hybridized carbons (Fsp3) is 0.286. The predicted octanol–water partition coefficient (Wildman–Crippen LogP) is 0.685. The molecule has 0 spiro atoms. The number of amides is 2. The molecule has 11 nitrogen and oxygen atoms in total. The van der Waals surface area contributed by atoms with E-state index < -0.39 is 40.4 Å². The smallest absolute Gasteiger partial charge is 0.323 e. The number of rotatable bonds is 12. The van der Waals surface area contributed by atoms with Crippen LogP contribution in [0.4, 0.5) is 0 Å². The number of thiophene rings is 1. The van der Waals surface area contributed by atoms with Gasteiger partial charge in [-0.1, -0.05) is 38.6 Å². The first-order valence-corrected chi connectivity index (χ1v) is 12.5. The van der Waals surface area contributed by atoms with E-state index in [9.17, 15) is 27.9 Å². The van der Waals surface area contributed by atoms with Gasteiger partial charge in [0.05, 0.1) is 20.5 Å². The van der Waals surface area contributed by atoms with Crippen LogP contribution in [0.15, 0.2) is 59.8 Å². The Balaban J connectivity index is 0.00000281. The highest BCUT2D eigenvalue weighted by Crippen LogP contribution is 2.16. The Morgan fingerprint density at radius 3 is 2.03 bits per heavy atom. The third-order valence-corrected chi connectivity index (χ3v) is 6.50. The van der Waals surface area contributed by atoms with E-state index in [1.54, 1.807) is 6.07 Å². The monoisotopic (exact) mass is 511 g/mol. The Hall–Kier alpha value is -3.42. The first kappa shape index (κ1) is 28.6. The van der Waals surface area contributed by atoms with E-state index in [0.717, 1.165) is 11.3 Å². The SMILES string of the molecule is C=C(N)NCCNC(=O)c1ccc(C(=O)NCC(NS(=O)(=O)c2ccccc2)C(=O)O)s1.CC. The van der Waals surface area contributed by atoms with Crippen LogP contribution in [0.25, 0.3) is 0 Å². The fourth-order valence-corrected chi connectivity index (χ4v) is 4.43. The standard InChI is InChI=1S/C19H23N5O6S2.C2H6/c1-12(20)21-9-10-22-17(25)15-7-8-16(31-15)18(26)23-11-14(19(27)28)24-32(29,30)13-5-3-2-4-6-13;1-2/h2-8,14,21,24H,1,9-11,20H2,(H,22,25)(H,23,26)(H,27,28);1-2H3. The summed E-state index contributed by atoms with van der Waals surface area (Å²) in [5.41, 5.74) is 5.35. The van der Waals surface area contributed by atoms with Gasteiger partial charge in [-0.3, -0.25) is 14.4 Å². The largest absolute Gasteiger partial charge is 0.480 e. The summed E-state index contributed by atoms with van der Waals surface area (Å²) in [6, 6.07) is 8.55. The van der Waals surface area contributed by atoms with E-state index in [4.69, 9.17) is 5.73 Å². The second kappa shape index (κ2) is 14.0. The average Bonchev–Trinajstić information content (AvgIpc) is 3.31. The third-order valence-electron chi connectivity index (χ3n) is 3.93. The van der Waals surface area contributed by atoms with Crippen molar-refractivity contribution in [3.05, 3.63) is 64.6 Å². The molecule has 0 saturated heterocycles. The Morgan fingerprint density at radius 2 is 1.50 bits per heavy atom. The van der Waals surface area contributed by atoms with Crippen molar-refractivity contribution in [3.8, 4) is 0 Å². The summed E-state index contributed by atoms with van der Waals surface area (Å²) in [4.78, 5) is 36.3. The molecule has 13 heteroatoms. The number of carboxylic acids is 1. The Morgan fingerprint density at radius 1 is 0.971 bits per heavy atom. The van der Waals surface area contributed by atoms with Crippen LogP contribution in [0.1, 0.15) is 33.2 Å². The maximum Gasteiger partial charge on any atom is 0.323 e. The van der Waals surface area contributed by atoms with Crippen molar-refractivity contribution in [1.82, 2.24) is 20.7 Å². The summed E-state index contributed by atoms with van der Waals surface area (Å²) in [6.07, 6.45) is 0. The van der Waals surface area contributed by atoms with E-state index in [0.29, 0.717) is 6.54 Å². The molecule has 2 rings (SSSR count). The van der Waals surface area contributed by atoms with Crippen LogP contribution in [0.2, 0.25) is 0 Å². The van der Waals surface area contributed by atoms with Gasteiger partial charge in [0.15, 0.2) is 0 Å². The lowest BCUT2D eigenvalue weighted by Gasteiger charge is -2.15. The van der Waals surface area contributed by atoms with E-state index in [1.807, 2.05) is 13.8 Å². The summed E-state index contributed by atoms with van der Waals surface area (Å²) >= 11 is 0.911. The molecule has 0 radical (unpaired) electrons. The van der Waals surface area contributed by atoms with Crippen LogP contribution in [0.3, 0.4) is 0 Å². The predicted molar refractivity (Wildman–Crippen MR) is 130 cm³/mol. The second-order valence-corrected chi connectivity index (χ2v) is 9.20. The molecule has 2 aromatic rings. The van der Waals surface area contributed by atoms with Crippen LogP contribution in [-0.2, 0) is 14.8 Å². The van der Waals surface area contributed by atoms with Gasteiger partial charge in [0, 0.05) is 19.6 Å². The Labute approximate surface area is 202 Å². The highest BCUT2D eigenvalue weighted by atomic mass is 32.2. The van der Waals surface area contributed by atoms with E-state index in [1.165, 1.54) is 36.4 Å². The number of aliphatic carboxylic acids is 1. The molecule has 2 amide bonds. The van der Waals surface area contributed by atoms with Crippen LogP contribution in [0, 0.1) is 0 Å². The van der Waals surface area contributed by atoms with Gasteiger partial charge in [-0.25, -0.2) is 8.42 Å². The van der Waals surface area contributed by atoms with Crippen molar-refractivity contribution >= 4 is 39.1 Å². The number of carboxylic acid groups (broad SMARTS) is 1. The molecule has 0 aliphatic rings. The highest BCUT2D eigenvalue weighted by molar-refractivity contribution is 7.89. The molecule has 0 aliphatic heterocycles. The van der Waals surface area contributed by atoms with Gasteiger partial charge >= 0.3 is 5.97 Å². The molecule has 7 N–H and O–H groups in total. The van der Waals surface area contributed by atoms with Crippen molar-refractivity contribution in [2.24, 2.45) is 5.73 Å². The highest BCUT2D eigenvalue weighted by Gasteiger charge is 2.26. The van der Waals surface area contributed by atoms with Gasteiger partial charge < -0.3 is 26.8 Å². The van der Waals surface area contributed by atoms with E-state index in [2.05, 4.69) is 27.3 Å². The quantitative estimate of drug-likeness (QED) is 0.225. The molecular weight excluding hydrogens is 482 g/mol. The summed E-state index contributed by atoms with van der Waals surface area (Å²) in [5, 5.41) is 17.1. The molecule has 0 aliphatic carbocycles. The lowest BCUT2D eigenvalue weighted by atomic mass is 10.3. The van der Waals surface area contributed by atoms with Crippen molar-refractivity contribution < 1.29 is 27.9 Å². The number of carbonyl (C=O) groups excluding carboxylic acids is 2. The minimum atomic E-state index is -4.09. The van der Waals surface area contributed by atoms with Crippen molar-refractivity contribution in [2.75, 3.05) is 19.6 Å². The first-order valence-electron chi connectivity index (χ1n) is 10.2. The topological polar surface area (TPSA) is 180 Å². The molecule has 1 aromatic heterocycles. The molecule has 0 saturated carbocycles. The molecular formula is C21H29N5O6S2. The van der Waals surface area contributed by atoms with Gasteiger partial charge in [-0.15, -0.1) is 11.3 Å². The van der Waals surface area contributed by atoms with Gasteiger partial charge in [-0.05, 0) is 24.3 Å². The maximum absolute atomic E-state index is 12.3. The number of nitrogens with one attached hydrogen (secondary N) is 4. The molecule has 0 fully saturated rings. The van der Waals surface area contributed by atoms with Crippen LogP contribution < -0.4 is 26.4 Å². The fourth-order valence-electron chi connectivity index (χ4n) is 2.38. The zero-order valence-corrected chi connectivity index (χ0v) is 20.5. The lowest BCUT2D eigenvalue weighted by molar-refractivity contribution is -0.138. The summed E-state index contributed by atoms with van der Waals surface area (Å²) in [6.45, 7) is 7.65. The van der Waals surface area contributed by atoms with Gasteiger partial charge in [0.2, 0.25) is 10.0 Å². The molecule has 1 heterocycles. The summed E-state index contributed by atoms with van der Waals surface area (Å²) in [7, 11) is -4.09. The van der Waals surface area contributed by atoms with Crippen LogP contribution in [-0.4, -0.2) is 57.0 Å². The zero-order chi connectivity index (χ0) is 25.7. The molecule has 34 heavy (non-hydrogen) atoms. The van der Waals surface area contributed by atoms with E-state index >= 15 is 0 Å². The number of hydrogen-bond donors (Lipinski definition) is 6. The normalized spacial score (nSPS) is 11.4. The Bertz CT molecular complexity index is 1090. The minimum absolute atomic E-state index is 0.0996. The number of hydrogen-bond acceptors (Lipinski definition) is 8. The van der Waals surface area contributed by atoms with Crippen molar-refractivity contribution in [3.63, 3.8) is 0 Å². The second-order valence-electron chi connectivity index (χ2n) is 6.41. The number of nitrogens with two attached hydrogens (primary N) is 1. The van der Waals surface area contributed by atoms with Gasteiger partial charge in [0.1, 0.15) is 6.04 Å². The van der Waals surface area contributed by atoms with Crippen molar-refractivity contribution in [1.29, 1.82) is 0 Å². The van der Waals surface area contributed by atoms with Crippen LogP contribution >= 0.6 is 11.3 Å². The van der Waals surface area contributed by atoms with E-state index in [-0.39, 0.29) is 27.0 Å². The third kappa shape index (κ3) is 9.21. The molecule has 1 aromatic carbocycles. The molecule has 1 unspecified atom stereocenters. The lowest BCUT2D eigenvalue weighted by Crippen LogP contribution is -2.48. The molecule has 0 bridgehead atoms.